The van der Waals surface area contributed by atoms with Gasteiger partial charge < -0.3 is 56.8 Å². The van der Waals surface area contributed by atoms with E-state index in [0.29, 0.717) is 89.4 Å². The fourth-order valence-electron chi connectivity index (χ4n) is 9.08. The van der Waals surface area contributed by atoms with Gasteiger partial charge in [-0.2, -0.15) is 10.5 Å². The van der Waals surface area contributed by atoms with Gasteiger partial charge in [-0.15, -0.1) is 0 Å². The van der Waals surface area contributed by atoms with Crippen molar-refractivity contribution in [2.24, 2.45) is 23.7 Å². The molecular weight excluding hydrogens is 1190 g/mol. The normalized spacial score (nSPS) is 16.4. The van der Waals surface area contributed by atoms with E-state index in [1.165, 1.54) is 26.4 Å². The highest BCUT2D eigenvalue weighted by atomic mass is 32.2. The molecule has 3 aromatic carbocycles. The number of rotatable bonds is 30. The molecule has 0 spiro atoms. The van der Waals surface area contributed by atoms with Crippen LogP contribution in [0.2, 0.25) is 0 Å². The van der Waals surface area contributed by atoms with Gasteiger partial charge in [0.05, 0.1) is 90.8 Å². The van der Waals surface area contributed by atoms with Crippen LogP contribution in [0.5, 0.6) is 34.5 Å². The number of esters is 10. The van der Waals surface area contributed by atoms with Crippen LogP contribution in [0.15, 0.2) is 93.4 Å². The minimum absolute atomic E-state index is 0.00364. The fraction of sp³-hybridized carbons (Fsp3) is 0.419. The molecule has 1 heterocycles. The van der Waals surface area contributed by atoms with Gasteiger partial charge in [-0.05, 0) is 98.9 Å². The molecule has 24 nitrogen and oxygen atoms in total. The van der Waals surface area contributed by atoms with Crippen LogP contribution in [-0.2, 0) is 89.2 Å². The summed E-state index contributed by atoms with van der Waals surface area (Å²) >= 11 is 2.07. The molecule has 0 unspecified atom stereocenters. The van der Waals surface area contributed by atoms with Crippen molar-refractivity contribution in [3.63, 3.8) is 0 Å². The first-order valence-electron chi connectivity index (χ1n) is 27.9. The second-order valence-corrected chi connectivity index (χ2v) is 22.0. The second kappa shape index (κ2) is 34.9. The number of allylic oxidation sites excluding steroid dienone is 1. The SMILES string of the molecule is C=CC(=O)OCCOC(=O)CCC(=O)OCCc1ccc(OC(=O)[C@H]2CC[C@H](C(=O)Oc3ccc(OC(=O)[C@H]4CC[C@H](C(=O)Oc5ccc(CCOC(=O)CCC(=O)OCCOC(=O)C=C)cc5OC)CC4)c4c3SC(=C(C#N)C#N)S4)CC2)c(OC)c1. The number of hydrogen-bond donors (Lipinski definition) is 0. The van der Waals surface area contributed by atoms with E-state index >= 15 is 0 Å². The zero-order chi connectivity index (χ0) is 63.5. The summed E-state index contributed by atoms with van der Waals surface area (Å²) in [5.74, 6) is -7.11. The highest BCUT2D eigenvalue weighted by molar-refractivity contribution is 8.24. The van der Waals surface area contributed by atoms with Crippen molar-refractivity contribution in [1.82, 2.24) is 0 Å². The lowest BCUT2D eigenvalue weighted by atomic mass is 9.82. The number of carbonyl (C=O) groups is 10. The second-order valence-electron chi connectivity index (χ2n) is 19.7. The molecule has 1 aliphatic heterocycles. The number of ether oxygens (including phenoxy) is 12. The van der Waals surface area contributed by atoms with Crippen molar-refractivity contribution in [1.29, 1.82) is 10.5 Å². The summed E-state index contributed by atoms with van der Waals surface area (Å²) in [5, 5.41) is 19.5. The molecule has 0 aromatic heterocycles. The van der Waals surface area contributed by atoms with Gasteiger partial charge in [-0.25, -0.2) is 9.59 Å². The average molecular weight is 1250 g/mol. The summed E-state index contributed by atoms with van der Waals surface area (Å²) in [6.45, 7) is 5.90. The molecule has 3 aliphatic rings. The minimum Gasteiger partial charge on any atom is -0.493 e. The molecule has 6 rings (SSSR count). The third kappa shape index (κ3) is 20.8. The summed E-state index contributed by atoms with van der Waals surface area (Å²) < 4.78 is 64.4. The molecule has 0 atom stereocenters. The highest BCUT2D eigenvalue weighted by Gasteiger charge is 2.37. The number of fused-ring (bicyclic) bond motifs is 1. The topological polar surface area (TPSA) is 329 Å². The van der Waals surface area contributed by atoms with Crippen molar-refractivity contribution in [3.05, 3.63) is 94.8 Å². The van der Waals surface area contributed by atoms with Gasteiger partial charge in [0.15, 0.2) is 23.0 Å². The summed E-state index contributed by atoms with van der Waals surface area (Å²) in [6.07, 6.45) is 4.14. The predicted molar refractivity (Wildman–Crippen MR) is 308 cm³/mol. The fourth-order valence-corrected chi connectivity index (χ4v) is 11.6. The van der Waals surface area contributed by atoms with Crippen LogP contribution in [-0.4, -0.2) is 114 Å². The van der Waals surface area contributed by atoms with Crippen LogP contribution >= 0.6 is 23.5 Å². The summed E-state index contributed by atoms with van der Waals surface area (Å²) in [4.78, 5) is 125. The Balaban J connectivity index is 0.938. The molecule has 0 saturated heterocycles. The lowest BCUT2D eigenvalue weighted by Crippen LogP contribution is -2.30. The van der Waals surface area contributed by atoms with E-state index in [4.69, 9.17) is 56.8 Å². The van der Waals surface area contributed by atoms with E-state index in [2.05, 4.69) is 13.2 Å². The molecule has 2 fully saturated rings. The zero-order valence-electron chi connectivity index (χ0n) is 48.3. The Labute approximate surface area is 515 Å². The van der Waals surface area contributed by atoms with Gasteiger partial charge in [-0.1, -0.05) is 48.8 Å². The van der Waals surface area contributed by atoms with Gasteiger partial charge in [-0.3, -0.25) is 38.4 Å². The van der Waals surface area contributed by atoms with E-state index in [9.17, 15) is 58.5 Å². The van der Waals surface area contributed by atoms with Crippen molar-refractivity contribution in [3.8, 4) is 46.6 Å². The molecule has 0 radical (unpaired) electrons. The quantitative estimate of drug-likeness (QED) is 0.0152. The van der Waals surface area contributed by atoms with E-state index in [-0.39, 0.29) is 105 Å². The molecule has 26 heteroatoms. The predicted octanol–water partition coefficient (Wildman–Crippen LogP) is 8.07. The smallest absolute Gasteiger partial charge is 0.330 e. The number of thioether (sulfide) groups is 2. The number of hydrogen-bond acceptors (Lipinski definition) is 26. The van der Waals surface area contributed by atoms with Crippen molar-refractivity contribution >= 4 is 83.2 Å². The lowest BCUT2D eigenvalue weighted by molar-refractivity contribution is -0.152. The minimum atomic E-state index is -0.656. The zero-order valence-corrected chi connectivity index (χ0v) is 50.0. The molecule has 0 N–H and O–H groups in total. The molecule has 0 amide bonds. The summed E-state index contributed by atoms with van der Waals surface area (Å²) in [6, 6.07) is 16.5. The van der Waals surface area contributed by atoms with Gasteiger partial charge in [0.2, 0.25) is 0 Å². The van der Waals surface area contributed by atoms with Crippen LogP contribution in [0.1, 0.15) is 88.2 Å². The van der Waals surface area contributed by atoms with Crippen LogP contribution in [0, 0.1) is 46.3 Å². The number of methoxy groups -OCH3 is 2. The van der Waals surface area contributed by atoms with Gasteiger partial charge in [0.25, 0.3) is 0 Å². The number of carbonyl (C=O) groups excluding carboxylic acids is 10. The largest absolute Gasteiger partial charge is 0.493 e. The summed E-state index contributed by atoms with van der Waals surface area (Å²) in [7, 11) is 2.82. The van der Waals surface area contributed by atoms with Crippen molar-refractivity contribution in [2.45, 2.75) is 99.7 Å². The Morgan fingerprint density at radius 2 is 0.739 bits per heavy atom. The van der Waals surface area contributed by atoms with Crippen molar-refractivity contribution in [2.75, 3.05) is 53.9 Å². The van der Waals surface area contributed by atoms with Crippen LogP contribution in [0.25, 0.3) is 0 Å². The van der Waals surface area contributed by atoms with Gasteiger partial charge in [0, 0.05) is 25.0 Å². The van der Waals surface area contributed by atoms with Crippen LogP contribution in [0.3, 0.4) is 0 Å². The Hall–Kier alpha value is -9.14. The maximum Gasteiger partial charge on any atom is 0.330 e. The van der Waals surface area contributed by atoms with Gasteiger partial charge in [0.1, 0.15) is 55.6 Å². The maximum absolute atomic E-state index is 13.7. The molecule has 2 aliphatic carbocycles. The lowest BCUT2D eigenvalue weighted by Gasteiger charge is -2.26. The Morgan fingerprint density at radius 3 is 1.05 bits per heavy atom. The first-order valence-corrected chi connectivity index (χ1v) is 29.6. The van der Waals surface area contributed by atoms with Crippen LogP contribution < -0.4 is 28.4 Å². The first-order chi connectivity index (χ1) is 42.4. The van der Waals surface area contributed by atoms with E-state index < -0.39 is 83.4 Å². The average Bonchev–Trinajstić information content (AvgIpc) is 2.00. The van der Waals surface area contributed by atoms with Gasteiger partial charge >= 0.3 is 59.7 Å². The maximum atomic E-state index is 13.7. The van der Waals surface area contributed by atoms with E-state index in [0.717, 1.165) is 35.7 Å². The monoisotopic (exact) mass is 1250 g/mol. The number of nitrogens with zero attached hydrogens (tertiary/aromatic N) is 2. The molecule has 88 heavy (non-hydrogen) atoms. The first kappa shape index (κ1) is 68.0. The molecular formula is C62H64N2O22S2. The molecule has 3 aromatic rings. The highest BCUT2D eigenvalue weighted by Crippen LogP contribution is 2.59. The number of benzene rings is 3. The Morgan fingerprint density at radius 1 is 0.443 bits per heavy atom. The molecule has 466 valence electrons. The van der Waals surface area contributed by atoms with Crippen molar-refractivity contribution < 1.29 is 105 Å². The molecule has 0 bridgehead atoms. The standard InChI is InChI=1S/C62H64N2O22S2/c1-5-50(65)79-29-31-81-54(69)23-21-52(67)77-27-25-37-7-17-44(48(33-37)75-3)83-58(71)39-9-13-41(14-10-39)60(73)85-46-19-20-47(57-56(46)87-62(88-57)43(35-63)36-64)86-61(74)42-15-11-40(12-16-42)59(72)84-45-18-8-38(34-49(45)76-4)26-28-78-53(68)22-24-55(70)82-32-30-80-51(66)6-2/h5-8,17-20,33-34,39-42H,1-2,9-16,21-32H2,3-4H3/t39-,40-,41-,42-. The van der Waals surface area contributed by atoms with Crippen LogP contribution in [0.4, 0.5) is 0 Å². The third-order valence-corrected chi connectivity index (χ3v) is 16.5. The van der Waals surface area contributed by atoms with E-state index in [1.807, 2.05) is 12.1 Å². The third-order valence-electron chi connectivity index (χ3n) is 13.8. The summed E-state index contributed by atoms with van der Waals surface area (Å²) in [5.41, 5.74) is 1.23. The van der Waals surface area contributed by atoms with E-state index in [1.54, 1.807) is 36.4 Å². The number of nitriles is 2. The Bertz CT molecular complexity index is 3030. The molecule has 2 saturated carbocycles. The Kier molecular flexibility index (Phi) is 26.9.